The molecule has 1 aliphatic heterocycles. The van der Waals surface area contributed by atoms with E-state index in [1.54, 1.807) is 0 Å². The SMILES string of the molecule is O=C(O)[C@@H]1CCCN1S(=O)(=O)c1ccc(-c2nnn(-c3ccc(F)cc3)n2)cc1. The molecular weight excluding hydrogens is 401 g/mol. The van der Waals surface area contributed by atoms with Crippen molar-refractivity contribution in [3.8, 4) is 17.1 Å². The number of carboxylic acid groups (broad SMARTS) is 1. The van der Waals surface area contributed by atoms with Gasteiger partial charge in [-0.1, -0.05) is 0 Å². The van der Waals surface area contributed by atoms with Crippen molar-refractivity contribution in [1.82, 2.24) is 24.5 Å². The molecule has 2 heterocycles. The second-order valence-corrected chi connectivity index (χ2v) is 8.41. The molecule has 0 amide bonds. The van der Waals surface area contributed by atoms with E-state index in [0.29, 0.717) is 24.1 Å². The Kier molecular flexibility index (Phi) is 4.84. The Morgan fingerprint density at radius 1 is 1.10 bits per heavy atom. The molecule has 0 spiro atoms. The molecular formula is C18H16FN5O4S. The third kappa shape index (κ3) is 3.61. The maximum atomic E-state index is 13.0. The highest BCUT2D eigenvalue weighted by Gasteiger charge is 2.39. The summed E-state index contributed by atoms with van der Waals surface area (Å²) in [6.07, 6.45) is 0.799. The summed E-state index contributed by atoms with van der Waals surface area (Å²) in [5.41, 5.74) is 1.06. The second-order valence-electron chi connectivity index (χ2n) is 6.52. The van der Waals surface area contributed by atoms with Crippen LogP contribution in [-0.4, -0.2) is 56.6 Å². The molecule has 2 aromatic carbocycles. The summed E-state index contributed by atoms with van der Waals surface area (Å²) in [4.78, 5) is 12.6. The highest BCUT2D eigenvalue weighted by atomic mass is 32.2. The first-order valence-corrected chi connectivity index (χ1v) is 10.2. The molecule has 9 nitrogen and oxygen atoms in total. The molecule has 4 rings (SSSR count). The second kappa shape index (κ2) is 7.33. The zero-order valence-electron chi connectivity index (χ0n) is 15.0. The van der Waals surface area contributed by atoms with Crippen molar-refractivity contribution in [2.24, 2.45) is 0 Å². The molecule has 3 aromatic rings. The monoisotopic (exact) mass is 417 g/mol. The van der Waals surface area contributed by atoms with Crippen molar-refractivity contribution in [3.05, 3.63) is 54.3 Å². The lowest BCUT2D eigenvalue weighted by Crippen LogP contribution is -2.40. The Morgan fingerprint density at radius 2 is 1.79 bits per heavy atom. The van der Waals surface area contributed by atoms with Gasteiger partial charge in [-0.25, -0.2) is 12.8 Å². The smallest absolute Gasteiger partial charge is 0.322 e. The van der Waals surface area contributed by atoms with Gasteiger partial charge in [-0.2, -0.15) is 4.31 Å². The molecule has 29 heavy (non-hydrogen) atoms. The van der Waals surface area contributed by atoms with Crippen LogP contribution in [0.15, 0.2) is 53.4 Å². The number of tetrazole rings is 1. The lowest BCUT2D eigenvalue weighted by atomic mass is 10.2. The Labute approximate surface area is 165 Å². The quantitative estimate of drug-likeness (QED) is 0.671. The number of halogens is 1. The van der Waals surface area contributed by atoms with Gasteiger partial charge in [0.25, 0.3) is 0 Å². The third-order valence-corrected chi connectivity index (χ3v) is 6.60. The summed E-state index contributed by atoms with van der Waals surface area (Å²) in [7, 11) is -3.92. The molecule has 11 heteroatoms. The summed E-state index contributed by atoms with van der Waals surface area (Å²) in [5, 5.41) is 21.3. The normalized spacial score (nSPS) is 17.5. The summed E-state index contributed by atoms with van der Waals surface area (Å²) in [5.74, 6) is -1.26. The summed E-state index contributed by atoms with van der Waals surface area (Å²) in [6.45, 7) is 0.175. The van der Waals surface area contributed by atoms with Gasteiger partial charge in [-0.3, -0.25) is 4.79 Å². The highest BCUT2D eigenvalue weighted by molar-refractivity contribution is 7.89. The Hall–Kier alpha value is -3.18. The molecule has 0 bridgehead atoms. The zero-order chi connectivity index (χ0) is 20.6. The van der Waals surface area contributed by atoms with Gasteiger partial charge < -0.3 is 5.11 Å². The fraction of sp³-hybridized carbons (Fsp3) is 0.222. The number of nitrogens with zero attached hydrogens (tertiary/aromatic N) is 5. The number of sulfonamides is 1. The maximum absolute atomic E-state index is 13.0. The van der Waals surface area contributed by atoms with Crippen LogP contribution in [0.5, 0.6) is 0 Å². The van der Waals surface area contributed by atoms with E-state index in [1.807, 2.05) is 0 Å². The van der Waals surface area contributed by atoms with Crippen LogP contribution in [0, 0.1) is 5.82 Å². The number of carbonyl (C=O) groups is 1. The van der Waals surface area contributed by atoms with Gasteiger partial charge in [0.2, 0.25) is 15.8 Å². The topological polar surface area (TPSA) is 118 Å². The fourth-order valence-electron chi connectivity index (χ4n) is 3.20. The van der Waals surface area contributed by atoms with E-state index in [4.69, 9.17) is 0 Å². The van der Waals surface area contributed by atoms with Crippen LogP contribution in [0.1, 0.15) is 12.8 Å². The summed E-state index contributed by atoms with van der Waals surface area (Å²) < 4.78 is 39.7. The number of hydrogen-bond acceptors (Lipinski definition) is 6. The van der Waals surface area contributed by atoms with E-state index in [9.17, 15) is 22.7 Å². The lowest BCUT2D eigenvalue weighted by molar-refractivity contribution is -0.140. The van der Waals surface area contributed by atoms with Crippen molar-refractivity contribution < 1.29 is 22.7 Å². The Bertz CT molecular complexity index is 1150. The summed E-state index contributed by atoms with van der Waals surface area (Å²) >= 11 is 0. The zero-order valence-corrected chi connectivity index (χ0v) is 15.8. The van der Waals surface area contributed by atoms with Gasteiger partial charge in [-0.05, 0) is 66.6 Å². The van der Waals surface area contributed by atoms with Gasteiger partial charge in [0.1, 0.15) is 11.9 Å². The first-order chi connectivity index (χ1) is 13.9. The van der Waals surface area contributed by atoms with Crippen molar-refractivity contribution in [2.75, 3.05) is 6.54 Å². The molecule has 1 atom stereocenters. The number of aromatic nitrogens is 4. The van der Waals surface area contributed by atoms with Crippen LogP contribution in [-0.2, 0) is 14.8 Å². The first-order valence-electron chi connectivity index (χ1n) is 8.77. The van der Waals surface area contributed by atoms with Crippen LogP contribution in [0.2, 0.25) is 0 Å². The van der Waals surface area contributed by atoms with Crippen molar-refractivity contribution in [2.45, 2.75) is 23.8 Å². The molecule has 1 aliphatic rings. The number of benzene rings is 2. The minimum atomic E-state index is -3.92. The van der Waals surface area contributed by atoms with E-state index in [1.165, 1.54) is 53.3 Å². The average molecular weight is 417 g/mol. The molecule has 1 saturated heterocycles. The van der Waals surface area contributed by atoms with Gasteiger partial charge >= 0.3 is 5.97 Å². The largest absolute Gasteiger partial charge is 0.480 e. The number of aliphatic carboxylic acids is 1. The van der Waals surface area contributed by atoms with Crippen LogP contribution in [0.3, 0.4) is 0 Å². The fourth-order valence-corrected chi connectivity index (χ4v) is 4.85. The molecule has 1 N–H and O–H groups in total. The first kappa shape index (κ1) is 19.2. The van der Waals surface area contributed by atoms with Gasteiger partial charge in [-0.15, -0.1) is 15.0 Å². The van der Waals surface area contributed by atoms with Gasteiger partial charge in [0, 0.05) is 12.1 Å². The van der Waals surface area contributed by atoms with Crippen LogP contribution in [0.25, 0.3) is 17.1 Å². The van der Waals surface area contributed by atoms with Crippen molar-refractivity contribution in [1.29, 1.82) is 0 Å². The average Bonchev–Trinajstić information content (AvgIpc) is 3.39. The minimum absolute atomic E-state index is 0.000302. The Balaban J connectivity index is 1.58. The van der Waals surface area contributed by atoms with E-state index < -0.39 is 22.0 Å². The van der Waals surface area contributed by atoms with Crippen molar-refractivity contribution in [3.63, 3.8) is 0 Å². The Morgan fingerprint density at radius 3 is 2.45 bits per heavy atom. The molecule has 0 aliphatic carbocycles. The predicted molar refractivity (Wildman–Crippen MR) is 99.1 cm³/mol. The number of rotatable bonds is 5. The molecule has 1 aromatic heterocycles. The van der Waals surface area contributed by atoms with Crippen LogP contribution in [0.4, 0.5) is 4.39 Å². The maximum Gasteiger partial charge on any atom is 0.322 e. The van der Waals surface area contributed by atoms with Gasteiger partial charge in [0.05, 0.1) is 10.6 Å². The predicted octanol–water partition coefficient (Wildman–Crippen LogP) is 1.71. The molecule has 0 radical (unpaired) electrons. The molecule has 1 fully saturated rings. The third-order valence-electron chi connectivity index (χ3n) is 4.68. The number of carboxylic acids is 1. The van der Waals surface area contributed by atoms with Gasteiger partial charge in [0.15, 0.2) is 0 Å². The highest BCUT2D eigenvalue weighted by Crippen LogP contribution is 2.27. The van der Waals surface area contributed by atoms with E-state index in [-0.39, 0.29) is 23.1 Å². The number of hydrogen-bond donors (Lipinski definition) is 1. The van der Waals surface area contributed by atoms with E-state index in [0.717, 1.165) is 4.31 Å². The van der Waals surface area contributed by atoms with E-state index in [2.05, 4.69) is 15.4 Å². The van der Waals surface area contributed by atoms with Crippen LogP contribution < -0.4 is 0 Å². The van der Waals surface area contributed by atoms with Crippen LogP contribution >= 0.6 is 0 Å². The lowest BCUT2D eigenvalue weighted by Gasteiger charge is -2.20. The standard InChI is InChI=1S/C18H16FN5O4S/c19-13-5-7-14(8-6-13)24-21-17(20-22-24)12-3-9-15(10-4-12)29(27,28)23-11-1-2-16(23)18(25)26/h3-10,16H,1-2,11H2,(H,25,26)/t16-/m0/s1. The summed E-state index contributed by atoms with van der Waals surface area (Å²) in [6, 6.07) is 10.4. The van der Waals surface area contributed by atoms with E-state index >= 15 is 0 Å². The van der Waals surface area contributed by atoms with Crippen molar-refractivity contribution >= 4 is 16.0 Å². The molecule has 0 unspecified atom stereocenters. The molecule has 150 valence electrons. The minimum Gasteiger partial charge on any atom is -0.480 e. The molecule has 0 saturated carbocycles.